The van der Waals surface area contributed by atoms with Crippen molar-refractivity contribution in [3.63, 3.8) is 0 Å². The Morgan fingerprint density at radius 3 is 2.75 bits per heavy atom. The van der Waals surface area contributed by atoms with Crippen LogP contribution in [0.15, 0.2) is 54.6 Å². The maximum absolute atomic E-state index is 12.0. The Balaban J connectivity index is 1.87. The third-order valence-corrected chi connectivity index (χ3v) is 2.92. The first-order valence-corrected chi connectivity index (χ1v) is 6.06. The van der Waals surface area contributed by atoms with Crippen molar-refractivity contribution < 1.29 is 9.53 Å². The molecule has 96 valence electrons. The van der Waals surface area contributed by atoms with Crippen LogP contribution in [-0.2, 0) is 0 Å². The molecule has 0 amide bonds. The molecule has 3 rings (SSSR count). The monoisotopic (exact) mass is 262 g/mol. The Morgan fingerprint density at radius 2 is 1.95 bits per heavy atom. The van der Waals surface area contributed by atoms with Crippen molar-refractivity contribution in [1.29, 1.82) is 5.26 Å². The number of nitrogens with one attached hydrogen (secondary N) is 1. The van der Waals surface area contributed by atoms with Crippen LogP contribution in [-0.4, -0.2) is 11.0 Å². The minimum Gasteiger partial charge on any atom is -0.422 e. The maximum Gasteiger partial charge on any atom is 0.360 e. The number of aromatic amines is 1. The molecule has 0 saturated carbocycles. The zero-order chi connectivity index (χ0) is 13.9. The second-order valence-corrected chi connectivity index (χ2v) is 4.30. The summed E-state index contributed by atoms with van der Waals surface area (Å²) >= 11 is 0. The number of nitrogens with zero attached hydrogens (tertiary/aromatic N) is 1. The molecule has 0 fully saturated rings. The summed E-state index contributed by atoms with van der Waals surface area (Å²) in [5.41, 5.74) is 1.71. The van der Waals surface area contributed by atoms with Crippen molar-refractivity contribution in [3.8, 4) is 11.8 Å². The van der Waals surface area contributed by atoms with Gasteiger partial charge in [0.1, 0.15) is 11.4 Å². The lowest BCUT2D eigenvalue weighted by molar-refractivity contribution is 0.0729. The Morgan fingerprint density at radius 1 is 1.10 bits per heavy atom. The van der Waals surface area contributed by atoms with Crippen molar-refractivity contribution in [2.75, 3.05) is 0 Å². The van der Waals surface area contributed by atoms with Gasteiger partial charge in [-0.05, 0) is 30.3 Å². The van der Waals surface area contributed by atoms with Crippen LogP contribution in [0.3, 0.4) is 0 Å². The number of carbonyl (C=O) groups excluding carboxylic acids is 1. The number of nitriles is 1. The minimum absolute atomic E-state index is 0.354. The molecule has 1 aromatic heterocycles. The number of fused-ring (bicyclic) bond motifs is 1. The largest absolute Gasteiger partial charge is 0.422 e. The van der Waals surface area contributed by atoms with Gasteiger partial charge in [0.15, 0.2) is 0 Å². The van der Waals surface area contributed by atoms with Gasteiger partial charge in [-0.2, -0.15) is 5.26 Å². The molecule has 0 aliphatic carbocycles. The zero-order valence-corrected chi connectivity index (χ0v) is 10.5. The quantitative estimate of drug-likeness (QED) is 0.569. The van der Waals surface area contributed by atoms with Gasteiger partial charge < -0.3 is 9.72 Å². The molecular formula is C16H10N2O2. The Labute approximate surface area is 115 Å². The normalized spacial score (nSPS) is 10.2. The molecule has 0 saturated heterocycles. The highest BCUT2D eigenvalue weighted by Crippen LogP contribution is 2.18. The van der Waals surface area contributed by atoms with Gasteiger partial charge in [0, 0.05) is 10.9 Å². The molecule has 4 nitrogen and oxygen atoms in total. The van der Waals surface area contributed by atoms with Crippen LogP contribution in [0.2, 0.25) is 0 Å². The molecule has 0 unspecified atom stereocenters. The number of hydrogen-bond donors (Lipinski definition) is 1. The molecule has 1 N–H and O–H groups in total. The van der Waals surface area contributed by atoms with E-state index in [0.29, 0.717) is 17.0 Å². The summed E-state index contributed by atoms with van der Waals surface area (Å²) in [6.07, 6.45) is 0. The molecule has 20 heavy (non-hydrogen) atoms. The summed E-state index contributed by atoms with van der Waals surface area (Å²) in [4.78, 5) is 15.1. The maximum atomic E-state index is 12.0. The van der Waals surface area contributed by atoms with E-state index in [-0.39, 0.29) is 0 Å². The highest BCUT2D eigenvalue weighted by molar-refractivity contribution is 5.95. The first-order valence-electron chi connectivity index (χ1n) is 6.06. The summed E-state index contributed by atoms with van der Waals surface area (Å²) in [6.45, 7) is 0. The van der Waals surface area contributed by atoms with E-state index in [4.69, 9.17) is 10.00 Å². The second kappa shape index (κ2) is 4.90. The first-order chi connectivity index (χ1) is 9.76. The van der Waals surface area contributed by atoms with E-state index >= 15 is 0 Å². The second-order valence-electron chi connectivity index (χ2n) is 4.30. The molecule has 0 radical (unpaired) electrons. The third-order valence-electron chi connectivity index (χ3n) is 2.92. The van der Waals surface area contributed by atoms with Gasteiger partial charge in [-0.1, -0.05) is 24.3 Å². The highest BCUT2D eigenvalue weighted by Gasteiger charge is 2.12. The van der Waals surface area contributed by atoms with Crippen molar-refractivity contribution in [3.05, 3.63) is 65.9 Å². The number of aromatic nitrogens is 1. The molecule has 0 aliphatic rings. The van der Waals surface area contributed by atoms with Crippen molar-refractivity contribution >= 4 is 16.9 Å². The topological polar surface area (TPSA) is 65.9 Å². The lowest BCUT2D eigenvalue weighted by Gasteiger charge is -2.02. The molecule has 0 atom stereocenters. The summed E-state index contributed by atoms with van der Waals surface area (Å²) in [5.74, 6) is -0.121. The molecular weight excluding hydrogens is 252 g/mol. The van der Waals surface area contributed by atoms with Gasteiger partial charge >= 0.3 is 5.97 Å². The predicted molar refractivity (Wildman–Crippen MR) is 74.4 cm³/mol. The van der Waals surface area contributed by atoms with E-state index in [1.54, 1.807) is 24.3 Å². The fourth-order valence-corrected chi connectivity index (χ4v) is 1.97. The number of ether oxygens (including phenoxy) is 1. The van der Waals surface area contributed by atoms with E-state index in [1.165, 1.54) is 6.07 Å². The van der Waals surface area contributed by atoms with Gasteiger partial charge in [-0.15, -0.1) is 0 Å². The molecule has 0 aliphatic heterocycles. The van der Waals surface area contributed by atoms with Crippen LogP contribution >= 0.6 is 0 Å². The number of rotatable bonds is 2. The predicted octanol–water partition coefficient (Wildman–Crippen LogP) is 3.26. The Hall–Kier alpha value is -3.06. The van der Waals surface area contributed by atoms with Gasteiger partial charge in [0.05, 0.1) is 11.6 Å². The number of esters is 1. The summed E-state index contributed by atoms with van der Waals surface area (Å²) in [6, 6.07) is 17.8. The number of carbonyl (C=O) groups is 1. The van der Waals surface area contributed by atoms with Crippen LogP contribution in [0.25, 0.3) is 10.9 Å². The van der Waals surface area contributed by atoms with Crippen LogP contribution in [0.4, 0.5) is 0 Å². The van der Waals surface area contributed by atoms with Gasteiger partial charge in [-0.25, -0.2) is 4.79 Å². The number of H-pyrrole nitrogens is 1. The van der Waals surface area contributed by atoms with Gasteiger partial charge in [0.25, 0.3) is 0 Å². The number of hydrogen-bond acceptors (Lipinski definition) is 3. The van der Waals surface area contributed by atoms with E-state index in [9.17, 15) is 4.79 Å². The molecule has 0 spiro atoms. The minimum atomic E-state index is -0.476. The van der Waals surface area contributed by atoms with E-state index in [2.05, 4.69) is 4.98 Å². The van der Waals surface area contributed by atoms with E-state index in [0.717, 1.165) is 10.9 Å². The summed E-state index contributed by atoms with van der Waals surface area (Å²) in [5, 5.41) is 9.76. The Kier molecular flexibility index (Phi) is 2.94. The molecule has 3 aromatic rings. The molecule has 2 aromatic carbocycles. The van der Waals surface area contributed by atoms with Gasteiger partial charge in [0.2, 0.25) is 0 Å². The van der Waals surface area contributed by atoms with E-state index in [1.807, 2.05) is 30.3 Å². The fraction of sp³-hybridized carbons (Fsp3) is 0. The average Bonchev–Trinajstić information content (AvgIpc) is 2.91. The van der Waals surface area contributed by atoms with Crippen LogP contribution in [0.5, 0.6) is 5.75 Å². The smallest absolute Gasteiger partial charge is 0.360 e. The SMILES string of the molecule is N#Cc1cccc(OC(=O)c2cc3ccccc3[nH]2)c1. The zero-order valence-electron chi connectivity index (χ0n) is 10.5. The summed E-state index contributed by atoms with van der Waals surface area (Å²) in [7, 11) is 0. The summed E-state index contributed by atoms with van der Waals surface area (Å²) < 4.78 is 5.25. The van der Waals surface area contributed by atoms with Crippen molar-refractivity contribution in [2.24, 2.45) is 0 Å². The average molecular weight is 262 g/mol. The molecule has 4 heteroatoms. The lowest BCUT2D eigenvalue weighted by atomic mass is 10.2. The van der Waals surface area contributed by atoms with Crippen LogP contribution in [0.1, 0.15) is 16.1 Å². The Bertz CT molecular complexity index is 795. The molecule has 0 bridgehead atoms. The van der Waals surface area contributed by atoms with Gasteiger partial charge in [-0.3, -0.25) is 0 Å². The standard InChI is InChI=1S/C16H10N2O2/c17-10-11-4-3-6-13(8-11)20-16(19)15-9-12-5-1-2-7-14(12)18-15/h1-9,18H. The van der Waals surface area contributed by atoms with Crippen molar-refractivity contribution in [1.82, 2.24) is 4.98 Å². The third kappa shape index (κ3) is 2.25. The van der Waals surface area contributed by atoms with Crippen LogP contribution < -0.4 is 4.74 Å². The van der Waals surface area contributed by atoms with Crippen LogP contribution in [0, 0.1) is 11.3 Å². The fourth-order valence-electron chi connectivity index (χ4n) is 1.97. The first kappa shape index (κ1) is 12.0. The van der Waals surface area contributed by atoms with Crippen molar-refractivity contribution in [2.45, 2.75) is 0 Å². The number of para-hydroxylation sites is 1. The highest BCUT2D eigenvalue weighted by atomic mass is 16.5. The molecule has 1 heterocycles. The lowest BCUT2D eigenvalue weighted by Crippen LogP contribution is -2.08. The van der Waals surface area contributed by atoms with E-state index < -0.39 is 5.97 Å². The number of benzene rings is 2.